The summed E-state index contributed by atoms with van der Waals surface area (Å²) in [6, 6.07) is 14.4. The quantitative estimate of drug-likeness (QED) is 0.718. The normalized spacial score (nSPS) is 12.4. The van der Waals surface area contributed by atoms with Crippen molar-refractivity contribution in [2.45, 2.75) is 24.5 Å². The molecule has 0 aliphatic rings. The van der Waals surface area contributed by atoms with E-state index in [0.717, 1.165) is 5.56 Å². The van der Waals surface area contributed by atoms with E-state index >= 15 is 0 Å². The van der Waals surface area contributed by atoms with Gasteiger partial charge in [0.2, 0.25) is 10.0 Å². The zero-order valence-electron chi connectivity index (χ0n) is 13.5. The van der Waals surface area contributed by atoms with Gasteiger partial charge in [0.05, 0.1) is 10.5 Å². The first-order valence-corrected chi connectivity index (χ1v) is 8.92. The molecular formula is C17H18N2O5S. The number of hydrogen-bond acceptors (Lipinski definition) is 5. The smallest absolute Gasteiger partial charge is 0.338 e. The van der Waals surface area contributed by atoms with Crippen molar-refractivity contribution in [3.63, 3.8) is 0 Å². The standard InChI is InChI=1S/C17H18N2O5S/c1-12(16(18)20)24-17(21)14-8-5-9-15(10-14)25(22,23)19-11-13-6-3-2-4-7-13/h2-10,12,19H,11H2,1H3,(H2,18,20). The predicted octanol–water partition coefficient (Wildman–Crippen LogP) is 1.20. The molecule has 0 aromatic heterocycles. The molecular weight excluding hydrogens is 344 g/mol. The Morgan fingerprint density at radius 2 is 1.80 bits per heavy atom. The Morgan fingerprint density at radius 3 is 2.44 bits per heavy atom. The first kappa shape index (κ1) is 18.6. The summed E-state index contributed by atoms with van der Waals surface area (Å²) in [5.74, 6) is -1.62. The van der Waals surface area contributed by atoms with Gasteiger partial charge < -0.3 is 10.5 Å². The Balaban J connectivity index is 2.13. The maximum atomic E-state index is 12.4. The molecule has 0 radical (unpaired) electrons. The van der Waals surface area contributed by atoms with Gasteiger partial charge in [0.15, 0.2) is 6.10 Å². The molecule has 0 bridgehead atoms. The van der Waals surface area contributed by atoms with Crippen LogP contribution in [0.15, 0.2) is 59.5 Å². The van der Waals surface area contributed by atoms with Crippen molar-refractivity contribution in [1.29, 1.82) is 0 Å². The van der Waals surface area contributed by atoms with Crippen molar-refractivity contribution in [2.75, 3.05) is 0 Å². The highest BCUT2D eigenvalue weighted by Crippen LogP contribution is 2.14. The lowest BCUT2D eigenvalue weighted by atomic mass is 10.2. The number of sulfonamides is 1. The third-order valence-electron chi connectivity index (χ3n) is 3.37. The monoisotopic (exact) mass is 362 g/mol. The number of benzene rings is 2. The summed E-state index contributed by atoms with van der Waals surface area (Å²) < 4.78 is 32.1. The molecule has 0 aliphatic heterocycles. The van der Waals surface area contributed by atoms with Gasteiger partial charge in [-0.25, -0.2) is 17.9 Å². The van der Waals surface area contributed by atoms with E-state index in [9.17, 15) is 18.0 Å². The van der Waals surface area contributed by atoms with Gasteiger partial charge in [0.25, 0.3) is 5.91 Å². The van der Waals surface area contributed by atoms with E-state index in [4.69, 9.17) is 10.5 Å². The summed E-state index contributed by atoms with van der Waals surface area (Å²) >= 11 is 0. The molecule has 132 valence electrons. The fourth-order valence-corrected chi connectivity index (χ4v) is 3.00. The average molecular weight is 362 g/mol. The molecule has 2 rings (SSSR count). The van der Waals surface area contributed by atoms with Crippen molar-refractivity contribution in [2.24, 2.45) is 5.73 Å². The number of hydrogen-bond donors (Lipinski definition) is 2. The first-order chi connectivity index (χ1) is 11.8. The summed E-state index contributed by atoms with van der Waals surface area (Å²) in [6.45, 7) is 1.46. The second-order valence-electron chi connectivity index (χ2n) is 5.29. The highest BCUT2D eigenvalue weighted by molar-refractivity contribution is 7.89. The van der Waals surface area contributed by atoms with E-state index < -0.39 is 28.0 Å². The minimum absolute atomic E-state index is 0.00989. The Bertz CT molecular complexity index is 866. The van der Waals surface area contributed by atoms with Crippen molar-refractivity contribution >= 4 is 21.9 Å². The number of nitrogens with two attached hydrogens (primary N) is 1. The van der Waals surface area contributed by atoms with Crippen LogP contribution in [-0.2, 0) is 26.1 Å². The highest BCUT2D eigenvalue weighted by Gasteiger charge is 2.19. The van der Waals surface area contributed by atoms with Gasteiger partial charge in [-0.15, -0.1) is 0 Å². The van der Waals surface area contributed by atoms with Crippen LogP contribution in [0.25, 0.3) is 0 Å². The molecule has 2 aromatic carbocycles. The van der Waals surface area contributed by atoms with Crippen LogP contribution in [0.3, 0.4) is 0 Å². The van der Waals surface area contributed by atoms with Crippen molar-refractivity contribution in [3.8, 4) is 0 Å². The summed E-state index contributed by atoms with van der Waals surface area (Å²) in [5, 5.41) is 0. The summed E-state index contributed by atoms with van der Waals surface area (Å²) in [4.78, 5) is 22.8. The fourth-order valence-electron chi connectivity index (χ4n) is 1.93. The van der Waals surface area contributed by atoms with Crippen LogP contribution in [0.5, 0.6) is 0 Å². The summed E-state index contributed by atoms with van der Waals surface area (Å²) in [5.41, 5.74) is 5.85. The summed E-state index contributed by atoms with van der Waals surface area (Å²) in [6.07, 6.45) is -1.11. The highest BCUT2D eigenvalue weighted by atomic mass is 32.2. The van der Waals surface area contributed by atoms with Crippen LogP contribution in [0.4, 0.5) is 0 Å². The number of nitrogens with one attached hydrogen (secondary N) is 1. The predicted molar refractivity (Wildman–Crippen MR) is 91.0 cm³/mol. The number of primary amides is 1. The molecule has 0 aliphatic carbocycles. The number of ether oxygens (including phenoxy) is 1. The third kappa shape index (κ3) is 5.13. The van der Waals surface area contributed by atoms with Gasteiger partial charge in [0, 0.05) is 6.54 Å². The van der Waals surface area contributed by atoms with Crippen molar-refractivity contribution in [3.05, 3.63) is 65.7 Å². The number of carbonyl (C=O) groups is 2. The zero-order chi connectivity index (χ0) is 18.4. The molecule has 0 saturated carbocycles. The molecule has 0 fully saturated rings. The van der Waals surface area contributed by atoms with Gasteiger partial charge in [-0.2, -0.15) is 0 Å². The van der Waals surface area contributed by atoms with Crippen LogP contribution < -0.4 is 10.5 Å². The molecule has 1 atom stereocenters. The number of carbonyl (C=O) groups excluding carboxylic acids is 2. The van der Waals surface area contributed by atoms with Crippen molar-refractivity contribution < 1.29 is 22.7 Å². The molecule has 0 saturated heterocycles. The van der Waals surface area contributed by atoms with Crippen LogP contribution in [0.2, 0.25) is 0 Å². The van der Waals surface area contributed by atoms with Gasteiger partial charge in [0.1, 0.15) is 0 Å². The second kappa shape index (κ2) is 7.91. The van der Waals surface area contributed by atoms with E-state index in [1.165, 1.54) is 31.2 Å². The minimum atomic E-state index is -3.81. The van der Waals surface area contributed by atoms with Gasteiger partial charge in [-0.3, -0.25) is 4.79 Å². The topological polar surface area (TPSA) is 116 Å². The van der Waals surface area contributed by atoms with Crippen LogP contribution in [0, 0.1) is 0 Å². The lowest BCUT2D eigenvalue weighted by Crippen LogP contribution is -2.30. The summed E-state index contributed by atoms with van der Waals surface area (Å²) in [7, 11) is -3.81. The largest absolute Gasteiger partial charge is 0.449 e. The Kier molecular flexibility index (Phi) is 5.89. The fraction of sp³-hybridized carbons (Fsp3) is 0.176. The maximum Gasteiger partial charge on any atom is 0.338 e. The molecule has 3 N–H and O–H groups in total. The Morgan fingerprint density at radius 1 is 1.12 bits per heavy atom. The minimum Gasteiger partial charge on any atom is -0.449 e. The zero-order valence-corrected chi connectivity index (χ0v) is 14.3. The van der Waals surface area contributed by atoms with Crippen LogP contribution in [0.1, 0.15) is 22.8 Å². The third-order valence-corrected chi connectivity index (χ3v) is 4.77. The second-order valence-corrected chi connectivity index (χ2v) is 7.05. The van der Waals surface area contributed by atoms with Gasteiger partial charge in [-0.1, -0.05) is 36.4 Å². The van der Waals surface area contributed by atoms with E-state index in [0.29, 0.717) is 0 Å². The molecule has 2 aromatic rings. The number of rotatable bonds is 7. The van der Waals surface area contributed by atoms with Gasteiger partial charge >= 0.3 is 5.97 Å². The van der Waals surface area contributed by atoms with E-state index in [1.807, 2.05) is 6.07 Å². The van der Waals surface area contributed by atoms with Crippen LogP contribution >= 0.6 is 0 Å². The Labute approximate surface area is 145 Å². The number of esters is 1. The molecule has 0 heterocycles. The number of amides is 1. The molecule has 25 heavy (non-hydrogen) atoms. The molecule has 1 amide bonds. The molecule has 8 heteroatoms. The first-order valence-electron chi connectivity index (χ1n) is 7.43. The maximum absolute atomic E-state index is 12.4. The molecule has 0 spiro atoms. The van der Waals surface area contributed by atoms with Crippen LogP contribution in [-0.4, -0.2) is 26.4 Å². The van der Waals surface area contributed by atoms with Gasteiger partial charge in [-0.05, 0) is 30.7 Å². The molecule has 7 nitrogen and oxygen atoms in total. The van der Waals surface area contributed by atoms with Crippen molar-refractivity contribution in [1.82, 2.24) is 4.72 Å². The Hall–Kier alpha value is -2.71. The van der Waals surface area contributed by atoms with E-state index in [2.05, 4.69) is 4.72 Å². The van der Waals surface area contributed by atoms with E-state index in [-0.39, 0.29) is 17.0 Å². The average Bonchev–Trinajstić information content (AvgIpc) is 2.61. The lowest BCUT2D eigenvalue weighted by Gasteiger charge is -2.11. The van der Waals surface area contributed by atoms with E-state index in [1.54, 1.807) is 24.3 Å². The lowest BCUT2D eigenvalue weighted by molar-refractivity contribution is -0.125. The SMILES string of the molecule is CC(OC(=O)c1cccc(S(=O)(=O)NCc2ccccc2)c1)C(N)=O. The molecule has 1 unspecified atom stereocenters.